The van der Waals surface area contributed by atoms with E-state index in [0.717, 1.165) is 18.5 Å². The summed E-state index contributed by atoms with van der Waals surface area (Å²) in [7, 11) is 0. The molecule has 0 saturated heterocycles. The number of nitrogens with one attached hydrogen (secondary N) is 1. The summed E-state index contributed by atoms with van der Waals surface area (Å²) < 4.78 is 0. The number of rotatable bonds is 4. The molecule has 0 aliphatic heterocycles. The molecule has 3 rings (SSSR count). The van der Waals surface area contributed by atoms with Gasteiger partial charge in [-0.2, -0.15) is 5.26 Å². The first-order valence-corrected chi connectivity index (χ1v) is 7.24. The SMILES string of the molecule is N#Cc1ccc(NC(=O)N(Cc2ccccn2)C2CC2)cc1. The highest BCUT2D eigenvalue weighted by Gasteiger charge is 2.32. The lowest BCUT2D eigenvalue weighted by Gasteiger charge is -2.22. The normalized spacial score (nSPS) is 13.2. The number of carbonyl (C=O) groups excluding carboxylic acids is 1. The molecule has 1 aromatic heterocycles. The Morgan fingerprint density at radius 1 is 1.27 bits per heavy atom. The zero-order chi connectivity index (χ0) is 15.4. The van der Waals surface area contributed by atoms with Crippen molar-refractivity contribution < 1.29 is 4.79 Å². The van der Waals surface area contributed by atoms with E-state index in [9.17, 15) is 4.79 Å². The van der Waals surface area contributed by atoms with E-state index in [0.29, 0.717) is 23.8 Å². The Hall–Kier alpha value is -2.87. The molecular weight excluding hydrogens is 276 g/mol. The molecule has 0 bridgehead atoms. The van der Waals surface area contributed by atoms with Gasteiger partial charge in [-0.25, -0.2) is 4.79 Å². The molecule has 0 atom stereocenters. The molecule has 1 aliphatic carbocycles. The third-order valence-electron chi connectivity index (χ3n) is 3.57. The smallest absolute Gasteiger partial charge is 0.316 e. The van der Waals surface area contributed by atoms with Crippen molar-refractivity contribution in [3.8, 4) is 6.07 Å². The highest BCUT2D eigenvalue weighted by molar-refractivity contribution is 5.89. The van der Waals surface area contributed by atoms with Crippen LogP contribution < -0.4 is 5.32 Å². The van der Waals surface area contributed by atoms with Crippen LogP contribution in [0.15, 0.2) is 48.7 Å². The van der Waals surface area contributed by atoms with E-state index in [4.69, 9.17) is 5.26 Å². The largest absolute Gasteiger partial charge is 0.322 e. The second-order valence-corrected chi connectivity index (χ2v) is 5.30. The first kappa shape index (κ1) is 14.1. The second-order valence-electron chi connectivity index (χ2n) is 5.30. The van der Waals surface area contributed by atoms with Crippen LogP contribution in [-0.2, 0) is 6.54 Å². The molecule has 5 heteroatoms. The minimum atomic E-state index is -0.127. The molecule has 2 aromatic rings. The third kappa shape index (κ3) is 3.41. The standard InChI is InChI=1S/C17H16N4O/c18-11-13-4-6-14(7-5-13)20-17(22)21(16-8-9-16)12-15-3-1-2-10-19-15/h1-7,10,16H,8-9,12H2,(H,20,22). The Bertz CT molecular complexity index is 687. The van der Waals surface area contributed by atoms with Crippen molar-refractivity contribution in [2.45, 2.75) is 25.4 Å². The van der Waals surface area contributed by atoms with Gasteiger partial charge in [-0.3, -0.25) is 4.98 Å². The van der Waals surface area contributed by atoms with Gasteiger partial charge < -0.3 is 10.2 Å². The maximum atomic E-state index is 12.5. The van der Waals surface area contributed by atoms with Gasteiger partial charge in [0.2, 0.25) is 0 Å². The maximum absolute atomic E-state index is 12.5. The number of benzene rings is 1. The molecule has 1 saturated carbocycles. The summed E-state index contributed by atoms with van der Waals surface area (Å²) in [4.78, 5) is 18.6. The highest BCUT2D eigenvalue weighted by atomic mass is 16.2. The summed E-state index contributed by atoms with van der Waals surface area (Å²) >= 11 is 0. The number of aromatic nitrogens is 1. The predicted octanol–water partition coefficient (Wildman–Crippen LogP) is 3.15. The van der Waals surface area contributed by atoms with Gasteiger partial charge in [0.15, 0.2) is 0 Å². The predicted molar refractivity (Wildman–Crippen MR) is 83.0 cm³/mol. The Balaban J connectivity index is 1.68. The summed E-state index contributed by atoms with van der Waals surface area (Å²) in [5.41, 5.74) is 2.14. The fraction of sp³-hybridized carbons (Fsp3) is 0.235. The molecule has 22 heavy (non-hydrogen) atoms. The van der Waals surface area contributed by atoms with Crippen LogP contribution >= 0.6 is 0 Å². The lowest BCUT2D eigenvalue weighted by molar-refractivity contribution is 0.205. The molecule has 1 fully saturated rings. The number of nitriles is 1. The van der Waals surface area contributed by atoms with E-state index < -0.39 is 0 Å². The molecule has 1 N–H and O–H groups in total. The monoisotopic (exact) mass is 292 g/mol. The number of nitrogens with zero attached hydrogens (tertiary/aromatic N) is 3. The number of amides is 2. The van der Waals surface area contributed by atoms with Crippen LogP contribution in [0.1, 0.15) is 24.1 Å². The van der Waals surface area contributed by atoms with Crippen molar-refractivity contribution in [3.05, 3.63) is 59.9 Å². The zero-order valence-electron chi connectivity index (χ0n) is 12.1. The van der Waals surface area contributed by atoms with Gasteiger partial charge in [0, 0.05) is 17.9 Å². The van der Waals surface area contributed by atoms with Gasteiger partial charge in [-0.05, 0) is 49.2 Å². The van der Waals surface area contributed by atoms with Crippen molar-refractivity contribution in [2.24, 2.45) is 0 Å². The number of anilines is 1. The summed E-state index contributed by atoms with van der Waals surface area (Å²) in [6, 6.07) is 14.8. The molecule has 1 aromatic carbocycles. The Morgan fingerprint density at radius 3 is 2.64 bits per heavy atom. The van der Waals surface area contributed by atoms with Crippen molar-refractivity contribution in [3.63, 3.8) is 0 Å². The summed E-state index contributed by atoms with van der Waals surface area (Å²) in [6.07, 6.45) is 3.81. The quantitative estimate of drug-likeness (QED) is 0.941. The molecule has 1 aliphatic rings. The zero-order valence-corrected chi connectivity index (χ0v) is 12.1. The molecule has 1 heterocycles. The van der Waals surface area contributed by atoms with E-state index in [1.54, 1.807) is 30.5 Å². The van der Waals surface area contributed by atoms with E-state index in [1.165, 1.54) is 0 Å². The summed E-state index contributed by atoms with van der Waals surface area (Å²) in [5.74, 6) is 0. The van der Waals surface area contributed by atoms with E-state index >= 15 is 0 Å². The molecule has 0 radical (unpaired) electrons. The number of urea groups is 1. The van der Waals surface area contributed by atoms with Gasteiger partial charge in [0.1, 0.15) is 0 Å². The molecular formula is C17H16N4O. The molecule has 5 nitrogen and oxygen atoms in total. The van der Waals surface area contributed by atoms with Crippen LogP contribution in [-0.4, -0.2) is 22.0 Å². The minimum absolute atomic E-state index is 0.127. The molecule has 2 amide bonds. The first-order valence-electron chi connectivity index (χ1n) is 7.24. The summed E-state index contributed by atoms with van der Waals surface area (Å²) in [5, 5.41) is 11.7. The van der Waals surface area contributed by atoms with E-state index in [-0.39, 0.29) is 6.03 Å². The second kappa shape index (κ2) is 6.27. The lowest BCUT2D eigenvalue weighted by Crippen LogP contribution is -2.36. The first-order chi connectivity index (χ1) is 10.8. The minimum Gasteiger partial charge on any atom is -0.316 e. The Morgan fingerprint density at radius 2 is 2.05 bits per heavy atom. The number of hydrogen-bond acceptors (Lipinski definition) is 3. The average molecular weight is 292 g/mol. The average Bonchev–Trinajstić information content (AvgIpc) is 3.39. The van der Waals surface area contributed by atoms with Crippen LogP contribution in [0.4, 0.5) is 10.5 Å². The molecule has 0 spiro atoms. The van der Waals surface area contributed by atoms with Gasteiger partial charge in [-0.15, -0.1) is 0 Å². The van der Waals surface area contributed by atoms with Crippen LogP contribution in [0.25, 0.3) is 0 Å². The van der Waals surface area contributed by atoms with Crippen LogP contribution in [0.2, 0.25) is 0 Å². The third-order valence-corrected chi connectivity index (χ3v) is 3.57. The fourth-order valence-electron chi connectivity index (χ4n) is 2.24. The number of pyridine rings is 1. The van der Waals surface area contributed by atoms with Crippen molar-refractivity contribution >= 4 is 11.7 Å². The van der Waals surface area contributed by atoms with Gasteiger partial charge >= 0.3 is 6.03 Å². The van der Waals surface area contributed by atoms with Gasteiger partial charge in [0.05, 0.1) is 23.9 Å². The highest BCUT2D eigenvalue weighted by Crippen LogP contribution is 2.28. The van der Waals surface area contributed by atoms with Crippen LogP contribution in [0.3, 0.4) is 0 Å². The maximum Gasteiger partial charge on any atom is 0.322 e. The number of carbonyl (C=O) groups is 1. The Kier molecular flexibility index (Phi) is 4.01. The lowest BCUT2D eigenvalue weighted by atomic mass is 10.2. The fourth-order valence-corrected chi connectivity index (χ4v) is 2.24. The van der Waals surface area contributed by atoms with Crippen LogP contribution in [0.5, 0.6) is 0 Å². The van der Waals surface area contributed by atoms with E-state index in [1.807, 2.05) is 23.1 Å². The van der Waals surface area contributed by atoms with Crippen molar-refractivity contribution in [2.75, 3.05) is 5.32 Å². The van der Waals surface area contributed by atoms with E-state index in [2.05, 4.69) is 16.4 Å². The Labute approximate surface area is 129 Å². The topological polar surface area (TPSA) is 69.0 Å². The summed E-state index contributed by atoms with van der Waals surface area (Å²) in [6.45, 7) is 0.508. The van der Waals surface area contributed by atoms with Crippen molar-refractivity contribution in [1.29, 1.82) is 5.26 Å². The number of hydrogen-bond donors (Lipinski definition) is 1. The molecule has 0 unspecified atom stereocenters. The van der Waals surface area contributed by atoms with Gasteiger partial charge in [0.25, 0.3) is 0 Å². The van der Waals surface area contributed by atoms with Crippen molar-refractivity contribution in [1.82, 2.24) is 9.88 Å². The molecule has 110 valence electrons. The van der Waals surface area contributed by atoms with Crippen LogP contribution in [0, 0.1) is 11.3 Å². The van der Waals surface area contributed by atoms with Gasteiger partial charge in [-0.1, -0.05) is 6.07 Å².